The first-order valence-electron chi connectivity index (χ1n) is 6.85. The highest BCUT2D eigenvalue weighted by molar-refractivity contribution is 6.07. The highest BCUT2D eigenvalue weighted by Crippen LogP contribution is 2.57. The van der Waals surface area contributed by atoms with Crippen LogP contribution in [-0.2, 0) is 4.79 Å². The number of benzene rings is 1. The van der Waals surface area contributed by atoms with Gasteiger partial charge in [0.2, 0.25) is 0 Å². The number of ether oxygens (including phenoxy) is 1. The summed E-state index contributed by atoms with van der Waals surface area (Å²) in [5.41, 5.74) is 3.14. The van der Waals surface area contributed by atoms with Crippen molar-refractivity contribution in [1.82, 2.24) is 0 Å². The smallest absolute Gasteiger partial charge is 0.181 e. The van der Waals surface area contributed by atoms with Gasteiger partial charge in [-0.3, -0.25) is 4.79 Å². The molecule has 1 aromatic carbocycles. The summed E-state index contributed by atoms with van der Waals surface area (Å²) in [5.74, 6) is 1.89. The molecule has 1 saturated carbocycles. The van der Waals surface area contributed by atoms with E-state index in [0.717, 1.165) is 11.4 Å². The molecule has 98 valence electrons. The van der Waals surface area contributed by atoms with Gasteiger partial charge in [0.15, 0.2) is 5.78 Å². The third kappa shape index (κ3) is 1.36. The van der Waals surface area contributed by atoms with E-state index in [4.69, 9.17) is 4.74 Å². The fraction of sp³-hybridized carbons (Fsp3) is 0.438. The Labute approximate surface area is 112 Å². The molecule has 1 heterocycles. The molecular formula is C16H17NO2. The van der Waals surface area contributed by atoms with E-state index in [2.05, 4.69) is 11.4 Å². The number of carbonyl (C=O) groups excluding carboxylic acids is 1. The minimum absolute atomic E-state index is 0.192. The summed E-state index contributed by atoms with van der Waals surface area (Å²) >= 11 is 0. The maximum atomic E-state index is 12.4. The number of hydrogen-bond donors (Lipinski definition) is 1. The average molecular weight is 255 g/mol. The number of carbonyl (C=O) groups is 1. The minimum atomic E-state index is -0.480. The molecule has 4 rings (SSSR count). The van der Waals surface area contributed by atoms with Crippen LogP contribution >= 0.6 is 0 Å². The van der Waals surface area contributed by atoms with Crippen molar-refractivity contribution in [1.29, 1.82) is 0 Å². The van der Waals surface area contributed by atoms with E-state index in [1.165, 1.54) is 24.0 Å². The van der Waals surface area contributed by atoms with Crippen molar-refractivity contribution in [2.24, 2.45) is 5.92 Å². The van der Waals surface area contributed by atoms with Crippen LogP contribution in [0.4, 0.5) is 5.69 Å². The Hall–Kier alpha value is -1.77. The molecule has 0 unspecified atom stereocenters. The normalized spacial score (nSPS) is 31.6. The Morgan fingerprint density at radius 3 is 2.84 bits per heavy atom. The Morgan fingerprint density at radius 2 is 2.16 bits per heavy atom. The first kappa shape index (κ1) is 11.1. The van der Waals surface area contributed by atoms with Crippen LogP contribution in [0.1, 0.15) is 31.2 Å². The maximum Gasteiger partial charge on any atom is 0.181 e. The molecule has 2 aliphatic carbocycles. The van der Waals surface area contributed by atoms with E-state index >= 15 is 0 Å². The lowest BCUT2D eigenvalue weighted by atomic mass is 9.81. The SMILES string of the molecule is COc1ccc2c(c1)[C@@H]1C(C3CC3)=CC(=O)[C@]1(C)N2. The lowest BCUT2D eigenvalue weighted by Gasteiger charge is -2.25. The second-order valence-electron chi connectivity index (χ2n) is 6.00. The molecule has 0 bridgehead atoms. The van der Waals surface area contributed by atoms with Crippen molar-refractivity contribution < 1.29 is 9.53 Å². The molecule has 0 amide bonds. The number of nitrogens with one attached hydrogen (secondary N) is 1. The van der Waals surface area contributed by atoms with Gasteiger partial charge in [0.05, 0.1) is 7.11 Å². The summed E-state index contributed by atoms with van der Waals surface area (Å²) in [7, 11) is 1.68. The highest BCUT2D eigenvalue weighted by Gasteiger charge is 2.55. The summed E-state index contributed by atoms with van der Waals surface area (Å²) < 4.78 is 5.33. The van der Waals surface area contributed by atoms with Crippen LogP contribution in [0, 0.1) is 5.92 Å². The lowest BCUT2D eigenvalue weighted by Crippen LogP contribution is -2.40. The molecule has 1 fully saturated rings. The molecule has 0 aromatic heterocycles. The molecule has 1 aromatic rings. The van der Waals surface area contributed by atoms with Gasteiger partial charge in [0.1, 0.15) is 11.3 Å². The summed E-state index contributed by atoms with van der Waals surface area (Å²) in [6.45, 7) is 2.03. The average Bonchev–Trinajstić information content (AvgIpc) is 3.14. The minimum Gasteiger partial charge on any atom is -0.497 e. The van der Waals surface area contributed by atoms with Gasteiger partial charge < -0.3 is 10.1 Å². The van der Waals surface area contributed by atoms with Crippen LogP contribution < -0.4 is 10.1 Å². The van der Waals surface area contributed by atoms with Crippen molar-refractivity contribution in [2.45, 2.75) is 31.2 Å². The van der Waals surface area contributed by atoms with Crippen LogP contribution in [0.15, 0.2) is 29.8 Å². The molecule has 2 atom stereocenters. The molecule has 1 N–H and O–H groups in total. The van der Waals surface area contributed by atoms with E-state index in [9.17, 15) is 4.79 Å². The number of anilines is 1. The fourth-order valence-electron chi connectivity index (χ4n) is 3.55. The number of rotatable bonds is 2. The van der Waals surface area contributed by atoms with Crippen molar-refractivity contribution in [2.75, 3.05) is 12.4 Å². The molecule has 3 nitrogen and oxygen atoms in total. The van der Waals surface area contributed by atoms with Gasteiger partial charge in [0, 0.05) is 11.6 Å². The summed E-state index contributed by atoms with van der Waals surface area (Å²) in [5, 5.41) is 3.43. The molecule has 1 aliphatic heterocycles. The van der Waals surface area contributed by atoms with Gasteiger partial charge in [0.25, 0.3) is 0 Å². The molecule has 3 heteroatoms. The van der Waals surface area contributed by atoms with Gasteiger partial charge in [-0.2, -0.15) is 0 Å². The van der Waals surface area contributed by atoms with Gasteiger partial charge in [-0.15, -0.1) is 0 Å². The lowest BCUT2D eigenvalue weighted by molar-refractivity contribution is -0.117. The predicted molar refractivity (Wildman–Crippen MR) is 73.6 cm³/mol. The Balaban J connectivity index is 1.87. The second kappa shape index (κ2) is 3.41. The van der Waals surface area contributed by atoms with Gasteiger partial charge in [-0.05, 0) is 55.5 Å². The van der Waals surface area contributed by atoms with Crippen LogP contribution in [0.2, 0.25) is 0 Å². The molecular weight excluding hydrogens is 238 g/mol. The van der Waals surface area contributed by atoms with Gasteiger partial charge >= 0.3 is 0 Å². The van der Waals surface area contributed by atoms with Crippen molar-refractivity contribution >= 4 is 11.5 Å². The number of fused-ring (bicyclic) bond motifs is 3. The zero-order chi connectivity index (χ0) is 13.2. The number of methoxy groups -OCH3 is 1. The van der Waals surface area contributed by atoms with Crippen molar-refractivity contribution in [3.63, 3.8) is 0 Å². The fourth-order valence-corrected chi connectivity index (χ4v) is 3.55. The second-order valence-corrected chi connectivity index (χ2v) is 6.00. The highest BCUT2D eigenvalue weighted by atomic mass is 16.5. The van der Waals surface area contributed by atoms with Crippen LogP contribution in [-0.4, -0.2) is 18.4 Å². The Kier molecular flexibility index (Phi) is 1.99. The van der Waals surface area contributed by atoms with Crippen LogP contribution in [0.5, 0.6) is 5.75 Å². The summed E-state index contributed by atoms with van der Waals surface area (Å²) in [4.78, 5) is 12.4. The summed E-state index contributed by atoms with van der Waals surface area (Å²) in [6.07, 6.45) is 4.34. The molecule has 0 spiro atoms. The Bertz CT molecular complexity index is 615. The van der Waals surface area contributed by atoms with E-state index in [-0.39, 0.29) is 11.7 Å². The van der Waals surface area contributed by atoms with Crippen molar-refractivity contribution in [3.05, 3.63) is 35.4 Å². The molecule has 0 radical (unpaired) electrons. The zero-order valence-electron chi connectivity index (χ0n) is 11.2. The maximum absolute atomic E-state index is 12.4. The third-order valence-electron chi connectivity index (χ3n) is 4.73. The first-order valence-corrected chi connectivity index (χ1v) is 6.85. The number of ketones is 1. The molecule has 3 aliphatic rings. The monoisotopic (exact) mass is 255 g/mol. The standard InChI is InChI=1S/C16H17NO2/c1-16-14(18)8-11(9-3-4-9)15(16)12-7-10(19-2)5-6-13(12)17-16/h5-9,15,17H,3-4H2,1-2H3/t15-,16-/m0/s1. The van der Waals surface area contributed by atoms with Crippen LogP contribution in [0.25, 0.3) is 0 Å². The zero-order valence-corrected chi connectivity index (χ0v) is 11.2. The molecule has 19 heavy (non-hydrogen) atoms. The summed E-state index contributed by atoms with van der Waals surface area (Å²) in [6, 6.07) is 6.05. The van der Waals surface area contributed by atoms with E-state index in [1.807, 2.05) is 25.1 Å². The quantitative estimate of drug-likeness (QED) is 0.883. The Morgan fingerprint density at radius 1 is 1.37 bits per heavy atom. The first-order chi connectivity index (χ1) is 9.13. The van der Waals surface area contributed by atoms with Gasteiger partial charge in [-0.1, -0.05) is 5.57 Å². The van der Waals surface area contributed by atoms with Gasteiger partial charge in [-0.25, -0.2) is 0 Å². The predicted octanol–water partition coefficient (Wildman–Crippen LogP) is 2.88. The van der Waals surface area contributed by atoms with Crippen molar-refractivity contribution in [3.8, 4) is 5.75 Å². The van der Waals surface area contributed by atoms with Crippen LogP contribution in [0.3, 0.4) is 0 Å². The topological polar surface area (TPSA) is 38.3 Å². The largest absolute Gasteiger partial charge is 0.497 e. The number of hydrogen-bond acceptors (Lipinski definition) is 3. The third-order valence-corrected chi connectivity index (χ3v) is 4.73. The van der Waals surface area contributed by atoms with E-state index in [1.54, 1.807) is 7.11 Å². The molecule has 0 saturated heterocycles. The van der Waals surface area contributed by atoms with E-state index in [0.29, 0.717) is 5.92 Å². The van der Waals surface area contributed by atoms with E-state index < -0.39 is 5.54 Å².